The number of benzene rings is 1. The van der Waals surface area contributed by atoms with Crippen LogP contribution in [-0.4, -0.2) is 56.4 Å². The van der Waals surface area contributed by atoms with Crippen LogP contribution in [0, 0.1) is 0 Å². The van der Waals surface area contributed by atoms with Gasteiger partial charge in [0, 0.05) is 49.8 Å². The van der Waals surface area contributed by atoms with Crippen molar-refractivity contribution in [3.63, 3.8) is 0 Å². The van der Waals surface area contributed by atoms with Crippen molar-refractivity contribution < 1.29 is 23.0 Å². The molecule has 170 valence electrons. The summed E-state index contributed by atoms with van der Waals surface area (Å²) in [5, 5.41) is 0. The molecule has 0 bridgehead atoms. The Kier molecular flexibility index (Phi) is 11.0. The number of amides is 1. The fourth-order valence-electron chi connectivity index (χ4n) is 2.82. The van der Waals surface area contributed by atoms with E-state index >= 15 is 0 Å². The number of aliphatic imine (C=N–C) groups is 1. The lowest BCUT2D eigenvalue weighted by Crippen LogP contribution is -2.49. The molecular weight excluding hydrogens is 404 g/mol. The highest BCUT2D eigenvalue weighted by Crippen LogP contribution is 2.33. The SMILES string of the molecule is C=C(C)C.C=CN=C(C=C)CC(=O)N1CCN(c2ccc(OC)c(OC(F)F)c2)CC1. The molecule has 0 radical (unpaired) electrons. The molecule has 0 N–H and O–H groups in total. The molecule has 2 rings (SSSR count). The minimum absolute atomic E-state index is 0.0141. The molecule has 1 heterocycles. The fraction of sp³-hybridized carbons (Fsp3) is 0.391. The molecule has 8 heteroatoms. The molecule has 1 saturated heterocycles. The maximum Gasteiger partial charge on any atom is 0.387 e. The van der Waals surface area contributed by atoms with E-state index in [1.165, 1.54) is 31.0 Å². The zero-order valence-corrected chi connectivity index (χ0v) is 18.4. The summed E-state index contributed by atoms with van der Waals surface area (Å²) in [5.41, 5.74) is 2.47. The van der Waals surface area contributed by atoms with Gasteiger partial charge in [-0.15, -0.1) is 6.58 Å². The van der Waals surface area contributed by atoms with E-state index in [0.717, 1.165) is 5.69 Å². The van der Waals surface area contributed by atoms with Crippen molar-refractivity contribution in [3.05, 3.63) is 55.8 Å². The maximum atomic E-state index is 12.6. The lowest BCUT2D eigenvalue weighted by atomic mass is 10.2. The number of nitrogens with zero attached hydrogens (tertiary/aromatic N) is 3. The van der Waals surface area contributed by atoms with Crippen LogP contribution in [0.5, 0.6) is 11.5 Å². The normalized spacial score (nSPS) is 13.8. The molecule has 31 heavy (non-hydrogen) atoms. The Morgan fingerprint density at radius 1 is 1.19 bits per heavy atom. The van der Waals surface area contributed by atoms with Gasteiger partial charge in [0.15, 0.2) is 11.5 Å². The van der Waals surface area contributed by atoms with Gasteiger partial charge in [-0.2, -0.15) is 8.78 Å². The van der Waals surface area contributed by atoms with Gasteiger partial charge in [-0.05, 0) is 32.1 Å². The van der Waals surface area contributed by atoms with Gasteiger partial charge < -0.3 is 19.3 Å². The van der Waals surface area contributed by atoms with Crippen molar-refractivity contribution in [2.24, 2.45) is 4.99 Å². The number of methoxy groups -OCH3 is 1. The first kappa shape index (κ1) is 25.9. The van der Waals surface area contributed by atoms with Crippen molar-refractivity contribution in [2.45, 2.75) is 26.9 Å². The van der Waals surface area contributed by atoms with Crippen LogP contribution in [0.25, 0.3) is 0 Å². The lowest BCUT2D eigenvalue weighted by Gasteiger charge is -2.36. The molecule has 1 aliphatic heterocycles. The summed E-state index contributed by atoms with van der Waals surface area (Å²) in [7, 11) is 1.39. The van der Waals surface area contributed by atoms with Gasteiger partial charge in [-0.3, -0.25) is 9.79 Å². The van der Waals surface area contributed by atoms with E-state index in [2.05, 4.69) is 29.5 Å². The van der Waals surface area contributed by atoms with Gasteiger partial charge in [0.2, 0.25) is 5.91 Å². The van der Waals surface area contributed by atoms with Crippen molar-refractivity contribution in [3.8, 4) is 11.5 Å². The third-order valence-corrected chi connectivity index (χ3v) is 4.19. The monoisotopic (exact) mass is 435 g/mol. The highest BCUT2D eigenvalue weighted by atomic mass is 19.3. The average Bonchev–Trinajstić information content (AvgIpc) is 2.72. The number of hydrogen-bond donors (Lipinski definition) is 0. The van der Waals surface area contributed by atoms with Gasteiger partial charge in [0.25, 0.3) is 0 Å². The third-order valence-electron chi connectivity index (χ3n) is 4.19. The Morgan fingerprint density at radius 2 is 1.81 bits per heavy atom. The molecule has 1 aliphatic rings. The zero-order chi connectivity index (χ0) is 23.4. The highest BCUT2D eigenvalue weighted by Gasteiger charge is 2.23. The first-order valence-electron chi connectivity index (χ1n) is 9.79. The number of carbonyl (C=O) groups is 1. The number of anilines is 1. The van der Waals surface area contributed by atoms with Gasteiger partial charge in [0.1, 0.15) is 0 Å². The van der Waals surface area contributed by atoms with Crippen LogP contribution in [0.1, 0.15) is 20.3 Å². The topological polar surface area (TPSA) is 54.4 Å². The predicted molar refractivity (Wildman–Crippen MR) is 121 cm³/mol. The Hall–Kier alpha value is -3.16. The first-order chi connectivity index (χ1) is 14.7. The van der Waals surface area contributed by atoms with E-state index in [4.69, 9.17) is 4.74 Å². The van der Waals surface area contributed by atoms with Gasteiger partial charge in [0.05, 0.1) is 13.5 Å². The summed E-state index contributed by atoms with van der Waals surface area (Å²) >= 11 is 0. The minimum Gasteiger partial charge on any atom is -0.493 e. The molecule has 0 aromatic heterocycles. The molecule has 1 aromatic carbocycles. The molecule has 6 nitrogen and oxygen atoms in total. The minimum atomic E-state index is -2.93. The summed E-state index contributed by atoms with van der Waals surface area (Å²) in [6.07, 6.45) is 3.09. The average molecular weight is 436 g/mol. The van der Waals surface area contributed by atoms with E-state index in [-0.39, 0.29) is 23.8 Å². The number of rotatable bonds is 8. The lowest BCUT2D eigenvalue weighted by molar-refractivity contribution is -0.130. The Morgan fingerprint density at radius 3 is 2.29 bits per heavy atom. The second kappa shape index (κ2) is 13.2. The van der Waals surface area contributed by atoms with Gasteiger partial charge >= 0.3 is 6.61 Å². The van der Waals surface area contributed by atoms with Crippen LogP contribution in [-0.2, 0) is 4.79 Å². The Balaban J connectivity index is 0.00000110. The standard InChI is InChI=1S/C19H23F2N3O3.C4H8/c1-4-14(22-5-2)12-18(25)24-10-8-23(9-11-24)15-6-7-16(26-3)17(13-15)27-19(20)21;1-4(2)3/h4-7,13,19H,1-2,8-12H2,3H3;1H2,2-3H3. The number of halogens is 2. The van der Waals surface area contributed by atoms with Gasteiger partial charge in [-0.1, -0.05) is 18.7 Å². The molecule has 0 saturated carbocycles. The summed E-state index contributed by atoms with van der Waals surface area (Å²) in [6.45, 7) is 13.9. The quantitative estimate of drug-likeness (QED) is 0.439. The molecule has 1 amide bonds. The first-order valence-corrected chi connectivity index (χ1v) is 9.79. The number of hydrogen-bond acceptors (Lipinski definition) is 5. The van der Waals surface area contributed by atoms with Crippen LogP contribution in [0.2, 0.25) is 0 Å². The van der Waals surface area contributed by atoms with Crippen molar-refractivity contribution in [1.29, 1.82) is 0 Å². The summed E-state index contributed by atoms with van der Waals surface area (Å²) in [4.78, 5) is 20.1. The number of ether oxygens (including phenoxy) is 2. The van der Waals surface area contributed by atoms with E-state index in [0.29, 0.717) is 31.9 Å². The molecule has 0 atom stereocenters. The molecule has 0 aliphatic carbocycles. The number of allylic oxidation sites excluding steroid dienone is 2. The molecule has 0 spiro atoms. The van der Waals surface area contributed by atoms with Crippen LogP contribution in [0.3, 0.4) is 0 Å². The molecule has 1 aromatic rings. The Labute approximate surface area is 183 Å². The van der Waals surface area contributed by atoms with E-state index in [9.17, 15) is 13.6 Å². The second-order valence-electron chi connectivity index (χ2n) is 6.97. The molecule has 0 unspecified atom stereocenters. The highest BCUT2D eigenvalue weighted by molar-refractivity contribution is 6.07. The largest absolute Gasteiger partial charge is 0.493 e. The smallest absolute Gasteiger partial charge is 0.387 e. The number of carbonyl (C=O) groups excluding carboxylic acids is 1. The van der Waals surface area contributed by atoms with Crippen LogP contribution >= 0.6 is 0 Å². The third kappa shape index (κ3) is 9.02. The summed E-state index contributed by atoms with van der Waals surface area (Å²) in [5.74, 6) is 0.192. The number of alkyl halides is 2. The van der Waals surface area contributed by atoms with Crippen molar-refractivity contribution in [2.75, 3.05) is 38.2 Å². The van der Waals surface area contributed by atoms with E-state index in [1.54, 1.807) is 17.0 Å². The molecule has 1 fully saturated rings. The van der Waals surface area contributed by atoms with E-state index < -0.39 is 6.61 Å². The summed E-state index contributed by atoms with van der Waals surface area (Å²) < 4.78 is 34.7. The van der Waals surface area contributed by atoms with Crippen LogP contribution in [0.15, 0.2) is 60.8 Å². The summed E-state index contributed by atoms with van der Waals surface area (Å²) in [6, 6.07) is 4.89. The second-order valence-corrected chi connectivity index (χ2v) is 6.97. The van der Waals surface area contributed by atoms with Crippen LogP contribution in [0.4, 0.5) is 14.5 Å². The Bertz CT molecular complexity index is 797. The van der Waals surface area contributed by atoms with Crippen molar-refractivity contribution in [1.82, 2.24) is 4.90 Å². The number of piperazine rings is 1. The van der Waals surface area contributed by atoms with E-state index in [1.807, 2.05) is 18.7 Å². The maximum absolute atomic E-state index is 12.6. The molecular formula is C23H31F2N3O3. The van der Waals surface area contributed by atoms with Crippen molar-refractivity contribution >= 4 is 17.3 Å². The fourth-order valence-corrected chi connectivity index (χ4v) is 2.82. The predicted octanol–water partition coefficient (Wildman–Crippen LogP) is 4.69. The van der Waals surface area contributed by atoms with Gasteiger partial charge in [-0.25, -0.2) is 0 Å². The van der Waals surface area contributed by atoms with Crippen LogP contribution < -0.4 is 14.4 Å². The zero-order valence-electron chi connectivity index (χ0n) is 18.4.